The number of hydrogen-bond acceptors (Lipinski definition) is 9. The van der Waals surface area contributed by atoms with Crippen molar-refractivity contribution >= 4 is 22.6 Å². The van der Waals surface area contributed by atoms with E-state index in [1.165, 1.54) is 30.9 Å². The molecule has 12 nitrogen and oxygen atoms in total. The van der Waals surface area contributed by atoms with Gasteiger partial charge in [0.2, 0.25) is 24.4 Å². The molecule has 46 heavy (non-hydrogen) atoms. The Hall–Kier alpha value is -5.26. The van der Waals surface area contributed by atoms with Crippen molar-refractivity contribution in [2.75, 3.05) is 28.1 Å². The van der Waals surface area contributed by atoms with Crippen LogP contribution in [0.15, 0.2) is 59.4 Å². The van der Waals surface area contributed by atoms with E-state index in [0.29, 0.717) is 56.3 Å². The van der Waals surface area contributed by atoms with E-state index in [-0.39, 0.29) is 25.3 Å². The van der Waals surface area contributed by atoms with Gasteiger partial charge >= 0.3 is 0 Å². The van der Waals surface area contributed by atoms with Crippen LogP contribution < -0.4 is 34.6 Å². The Morgan fingerprint density at radius 3 is 2.24 bits per heavy atom. The lowest BCUT2D eigenvalue weighted by molar-refractivity contribution is -0.141. The number of fused-ring (bicyclic) bond motifs is 2. The van der Waals surface area contributed by atoms with Crippen LogP contribution in [0.25, 0.3) is 10.8 Å². The van der Waals surface area contributed by atoms with Crippen molar-refractivity contribution in [3.05, 3.63) is 81.8 Å². The van der Waals surface area contributed by atoms with E-state index in [4.69, 9.17) is 23.7 Å². The van der Waals surface area contributed by atoms with Crippen LogP contribution in [-0.2, 0) is 29.6 Å². The first-order chi connectivity index (χ1) is 21.9. The molecule has 1 aromatic heterocycles. The molecule has 0 radical (unpaired) electrons. The molecule has 1 aliphatic heterocycles. The number of rotatable bonds is 10. The molecule has 3 aromatic carbocycles. The summed E-state index contributed by atoms with van der Waals surface area (Å²) in [5.41, 5.74) is 0.640. The van der Waals surface area contributed by atoms with Crippen molar-refractivity contribution in [3.8, 4) is 28.7 Å². The smallest absolute Gasteiger partial charge is 0.274 e. The topological polar surface area (TPSA) is 130 Å². The highest BCUT2D eigenvalue weighted by molar-refractivity contribution is 5.92. The number of ether oxygens (including phenoxy) is 5. The molecule has 5 rings (SSSR count). The van der Waals surface area contributed by atoms with Crippen molar-refractivity contribution in [2.24, 2.45) is 7.05 Å². The number of benzene rings is 3. The molecular weight excluding hydrogens is 592 g/mol. The number of hydrogen-bond donors (Lipinski definition) is 1. The van der Waals surface area contributed by atoms with Gasteiger partial charge in [-0.2, -0.15) is 5.10 Å². The van der Waals surface area contributed by atoms with E-state index in [0.717, 1.165) is 0 Å². The number of nitrogens with zero attached hydrogens (tertiary/aromatic N) is 3. The van der Waals surface area contributed by atoms with Crippen molar-refractivity contribution < 1.29 is 33.3 Å². The van der Waals surface area contributed by atoms with Gasteiger partial charge in [-0.05, 0) is 62.2 Å². The first-order valence-corrected chi connectivity index (χ1v) is 14.7. The predicted molar refractivity (Wildman–Crippen MR) is 171 cm³/mol. The summed E-state index contributed by atoms with van der Waals surface area (Å²) in [4.78, 5) is 43.2. The fraction of sp³-hybridized carbons (Fsp3) is 0.353. The maximum Gasteiger partial charge on any atom is 0.274 e. The summed E-state index contributed by atoms with van der Waals surface area (Å²) in [7, 11) is 6.00. The van der Waals surface area contributed by atoms with Gasteiger partial charge in [0, 0.05) is 24.5 Å². The number of aryl methyl sites for hydroxylation is 1. The zero-order chi connectivity index (χ0) is 33.2. The predicted octanol–water partition coefficient (Wildman–Crippen LogP) is 3.92. The van der Waals surface area contributed by atoms with Gasteiger partial charge in [0.1, 0.15) is 6.04 Å². The molecule has 4 aromatic rings. The summed E-state index contributed by atoms with van der Waals surface area (Å²) in [6.45, 7) is 5.71. The lowest BCUT2D eigenvalue weighted by atomic mass is 9.98. The molecule has 0 spiro atoms. The number of carbonyl (C=O) groups is 2. The molecule has 1 N–H and O–H groups in total. The molecular formula is C34H38N4O8. The highest BCUT2D eigenvalue weighted by atomic mass is 16.7. The van der Waals surface area contributed by atoms with E-state index in [2.05, 4.69) is 10.4 Å². The van der Waals surface area contributed by atoms with Gasteiger partial charge in [0.25, 0.3) is 5.56 Å². The standard InChI is InChI=1S/C34H38N4O8/c1-34(2,3)35-32(40)30(21-15-27(42-5)31(44-7)28(16-21)43-6)38(18-20-12-13-25-26(14-20)46-19-45-25)29(39)17-24-22-10-8-9-11-23(22)33(41)37(4)36-24/h8-16,30H,17-19H2,1-7H3,(H,35,40). The van der Waals surface area contributed by atoms with Crippen molar-refractivity contribution in [3.63, 3.8) is 0 Å². The SMILES string of the molecule is COc1cc(C(C(=O)NC(C)(C)C)N(Cc2ccc3c(c2)OCO3)C(=O)Cc2nn(C)c(=O)c3ccccc23)cc(OC)c1OC. The third-order valence-electron chi connectivity index (χ3n) is 7.52. The van der Waals surface area contributed by atoms with Gasteiger partial charge in [0.15, 0.2) is 23.0 Å². The first kappa shape index (κ1) is 32.1. The van der Waals surface area contributed by atoms with Crippen LogP contribution in [0.2, 0.25) is 0 Å². The number of amides is 2. The lowest BCUT2D eigenvalue weighted by Crippen LogP contribution is -2.49. The molecule has 0 saturated carbocycles. The van der Waals surface area contributed by atoms with Crippen molar-refractivity contribution in [1.29, 1.82) is 0 Å². The Bertz CT molecular complexity index is 1820. The Morgan fingerprint density at radius 2 is 1.61 bits per heavy atom. The van der Waals surface area contributed by atoms with E-state index < -0.39 is 23.4 Å². The van der Waals surface area contributed by atoms with E-state index in [1.54, 1.807) is 55.6 Å². The minimum atomic E-state index is -1.15. The van der Waals surface area contributed by atoms with Gasteiger partial charge < -0.3 is 33.9 Å². The Kier molecular flexibility index (Phi) is 9.08. The summed E-state index contributed by atoms with van der Waals surface area (Å²) < 4.78 is 29.1. The molecule has 12 heteroatoms. The summed E-state index contributed by atoms with van der Waals surface area (Å²) >= 11 is 0. The zero-order valence-corrected chi connectivity index (χ0v) is 27.0. The van der Waals surface area contributed by atoms with Gasteiger partial charge in [-0.3, -0.25) is 14.4 Å². The molecule has 2 heterocycles. The normalized spacial score (nSPS) is 12.8. The van der Waals surface area contributed by atoms with Gasteiger partial charge in [0.05, 0.1) is 38.8 Å². The van der Waals surface area contributed by atoms with Gasteiger partial charge in [-0.1, -0.05) is 24.3 Å². The third kappa shape index (κ3) is 6.56. The number of carbonyl (C=O) groups excluding carboxylic acids is 2. The minimum absolute atomic E-state index is 0.0259. The fourth-order valence-corrected chi connectivity index (χ4v) is 5.48. The monoisotopic (exact) mass is 630 g/mol. The fourth-order valence-electron chi connectivity index (χ4n) is 5.48. The highest BCUT2D eigenvalue weighted by Crippen LogP contribution is 2.42. The molecule has 1 atom stereocenters. The zero-order valence-electron chi connectivity index (χ0n) is 27.0. The second kappa shape index (κ2) is 13.0. The highest BCUT2D eigenvalue weighted by Gasteiger charge is 2.35. The van der Waals surface area contributed by atoms with Crippen LogP contribution in [0.1, 0.15) is 43.6 Å². The summed E-state index contributed by atoms with van der Waals surface area (Å²) in [6.07, 6.45) is -0.192. The van der Waals surface area contributed by atoms with Crippen LogP contribution in [-0.4, -0.2) is 60.2 Å². The second-order valence-electron chi connectivity index (χ2n) is 11.9. The minimum Gasteiger partial charge on any atom is -0.493 e. The van der Waals surface area contributed by atoms with Crippen LogP contribution >= 0.6 is 0 Å². The Labute approximate surface area is 266 Å². The largest absolute Gasteiger partial charge is 0.493 e. The summed E-state index contributed by atoms with van der Waals surface area (Å²) in [5.74, 6) is 1.30. The summed E-state index contributed by atoms with van der Waals surface area (Å²) in [6, 6.07) is 14.6. The average Bonchev–Trinajstić information content (AvgIpc) is 3.50. The molecule has 242 valence electrons. The molecule has 1 unspecified atom stereocenters. The number of nitrogens with one attached hydrogen (secondary N) is 1. The number of aromatic nitrogens is 2. The molecule has 2 amide bonds. The van der Waals surface area contributed by atoms with E-state index in [9.17, 15) is 14.4 Å². The molecule has 0 bridgehead atoms. The number of methoxy groups -OCH3 is 3. The molecule has 0 saturated heterocycles. The summed E-state index contributed by atoms with van der Waals surface area (Å²) in [5, 5.41) is 8.50. The van der Waals surface area contributed by atoms with Gasteiger partial charge in [-0.25, -0.2) is 4.68 Å². The molecule has 1 aliphatic rings. The molecule has 0 fully saturated rings. The lowest BCUT2D eigenvalue weighted by Gasteiger charge is -2.34. The second-order valence-corrected chi connectivity index (χ2v) is 11.9. The van der Waals surface area contributed by atoms with E-state index >= 15 is 0 Å². The maximum absolute atomic E-state index is 14.6. The van der Waals surface area contributed by atoms with Crippen LogP contribution in [0.5, 0.6) is 28.7 Å². The van der Waals surface area contributed by atoms with Gasteiger partial charge in [-0.15, -0.1) is 0 Å². The maximum atomic E-state index is 14.6. The third-order valence-corrected chi connectivity index (χ3v) is 7.52. The van der Waals surface area contributed by atoms with Crippen LogP contribution in [0.4, 0.5) is 0 Å². The van der Waals surface area contributed by atoms with Crippen molar-refractivity contribution in [2.45, 2.75) is 45.3 Å². The quantitative estimate of drug-likeness (QED) is 0.277. The Morgan fingerprint density at radius 1 is 0.957 bits per heavy atom. The average molecular weight is 631 g/mol. The van der Waals surface area contributed by atoms with E-state index in [1.807, 2.05) is 26.8 Å². The molecule has 0 aliphatic carbocycles. The van der Waals surface area contributed by atoms with Crippen molar-refractivity contribution in [1.82, 2.24) is 20.0 Å². The van der Waals surface area contributed by atoms with Crippen LogP contribution in [0.3, 0.4) is 0 Å². The Balaban J connectivity index is 1.68. The van der Waals surface area contributed by atoms with Crippen LogP contribution in [0, 0.1) is 0 Å². The first-order valence-electron chi connectivity index (χ1n) is 14.7.